The molecule has 0 spiro atoms. The molecule has 0 amide bonds. The highest BCUT2D eigenvalue weighted by molar-refractivity contribution is 6.00. The van der Waals surface area contributed by atoms with Crippen LogP contribution in [0.3, 0.4) is 0 Å². The van der Waals surface area contributed by atoms with Crippen LogP contribution < -0.4 is 14.2 Å². The number of allylic oxidation sites excluding steroid dienone is 2. The highest BCUT2D eigenvalue weighted by Gasteiger charge is 2.63. The van der Waals surface area contributed by atoms with E-state index < -0.39 is 17.6 Å². The number of aliphatic hydroxyl groups excluding tert-OH is 1. The van der Waals surface area contributed by atoms with E-state index in [-0.39, 0.29) is 17.6 Å². The van der Waals surface area contributed by atoms with Crippen molar-refractivity contribution in [3.05, 3.63) is 42.0 Å². The van der Waals surface area contributed by atoms with Gasteiger partial charge in [0.1, 0.15) is 5.60 Å². The van der Waals surface area contributed by atoms with E-state index in [0.717, 1.165) is 5.56 Å². The summed E-state index contributed by atoms with van der Waals surface area (Å²) in [5, 5.41) is 11.1. The smallest absolute Gasteiger partial charge is 0.203 e. The van der Waals surface area contributed by atoms with Crippen LogP contribution in [0.25, 0.3) is 0 Å². The maximum Gasteiger partial charge on any atom is 0.203 e. The summed E-state index contributed by atoms with van der Waals surface area (Å²) in [6.45, 7) is 5.75. The minimum absolute atomic E-state index is 0.0665. The van der Waals surface area contributed by atoms with Crippen LogP contribution in [0.5, 0.6) is 17.2 Å². The number of ether oxygens (including phenoxy) is 4. The van der Waals surface area contributed by atoms with Crippen LogP contribution in [-0.4, -0.2) is 51.0 Å². The standard InChI is InChI=1S/C22H28O6/c1-7-8-13-11-22(28-6)12(2)17(18(19(13)23)21(22)24)14-9-15(25-3)20(27-5)16(10-14)26-4/h7,9-12,17-18,21,24H,1,8H2,2-6H3/t12-,17+,18-,21?,22+/m1/s1. The lowest BCUT2D eigenvalue weighted by Gasteiger charge is -2.36. The van der Waals surface area contributed by atoms with E-state index in [4.69, 9.17) is 18.9 Å². The lowest BCUT2D eigenvalue weighted by molar-refractivity contribution is -0.130. The van der Waals surface area contributed by atoms with Crippen LogP contribution in [0.2, 0.25) is 0 Å². The zero-order valence-corrected chi connectivity index (χ0v) is 17.0. The van der Waals surface area contributed by atoms with Crippen molar-refractivity contribution >= 4 is 5.78 Å². The first-order chi connectivity index (χ1) is 13.4. The summed E-state index contributed by atoms with van der Waals surface area (Å²) in [7, 11) is 6.23. The summed E-state index contributed by atoms with van der Waals surface area (Å²) >= 11 is 0. The van der Waals surface area contributed by atoms with Crippen LogP contribution in [0, 0.1) is 11.8 Å². The molecule has 6 heteroatoms. The Labute approximate surface area is 165 Å². The summed E-state index contributed by atoms with van der Waals surface area (Å²) < 4.78 is 22.2. The number of aliphatic hydroxyl groups is 1. The Morgan fingerprint density at radius 3 is 2.18 bits per heavy atom. The molecule has 3 rings (SSSR count). The zero-order chi connectivity index (χ0) is 20.6. The van der Waals surface area contributed by atoms with Gasteiger partial charge in [-0.05, 0) is 41.7 Å². The fourth-order valence-electron chi connectivity index (χ4n) is 4.89. The molecule has 1 aromatic rings. The molecule has 1 unspecified atom stereocenters. The number of ketones is 1. The monoisotopic (exact) mass is 388 g/mol. The minimum atomic E-state index is -0.933. The lowest BCUT2D eigenvalue weighted by atomic mass is 9.79. The van der Waals surface area contributed by atoms with Crippen LogP contribution in [-0.2, 0) is 9.53 Å². The van der Waals surface area contributed by atoms with Gasteiger partial charge in [-0.3, -0.25) is 4.79 Å². The largest absolute Gasteiger partial charge is 0.493 e. The Kier molecular flexibility index (Phi) is 5.55. The molecule has 1 aromatic carbocycles. The van der Waals surface area contributed by atoms with Gasteiger partial charge in [0.05, 0.1) is 33.4 Å². The summed E-state index contributed by atoms with van der Waals surface area (Å²) in [5.41, 5.74) is 0.544. The molecule has 0 heterocycles. The van der Waals surface area contributed by atoms with Gasteiger partial charge in [0.15, 0.2) is 17.3 Å². The quantitative estimate of drug-likeness (QED) is 0.724. The molecule has 0 aliphatic heterocycles. The van der Waals surface area contributed by atoms with Gasteiger partial charge in [0.2, 0.25) is 5.75 Å². The fraction of sp³-hybridized carbons (Fsp3) is 0.500. The molecule has 0 radical (unpaired) electrons. The summed E-state index contributed by atoms with van der Waals surface area (Å²) in [5.74, 6) is 0.416. The first-order valence-electron chi connectivity index (χ1n) is 9.30. The van der Waals surface area contributed by atoms with Crippen LogP contribution in [0.1, 0.15) is 24.8 Å². The maximum atomic E-state index is 13.2. The van der Waals surface area contributed by atoms with E-state index in [0.29, 0.717) is 29.2 Å². The molecule has 0 saturated heterocycles. The van der Waals surface area contributed by atoms with Crippen molar-refractivity contribution in [3.63, 3.8) is 0 Å². The molecule has 6 nitrogen and oxygen atoms in total. The molecular formula is C22H28O6. The van der Waals surface area contributed by atoms with Gasteiger partial charge in [-0.2, -0.15) is 0 Å². The van der Waals surface area contributed by atoms with Crippen molar-refractivity contribution in [3.8, 4) is 17.2 Å². The lowest BCUT2D eigenvalue weighted by Crippen LogP contribution is -2.48. The van der Waals surface area contributed by atoms with E-state index >= 15 is 0 Å². The van der Waals surface area contributed by atoms with E-state index in [1.807, 2.05) is 19.1 Å². The third-order valence-corrected chi connectivity index (χ3v) is 6.25. The summed E-state index contributed by atoms with van der Waals surface area (Å²) in [6, 6.07) is 3.69. The van der Waals surface area contributed by atoms with Gasteiger partial charge in [-0.25, -0.2) is 0 Å². The fourth-order valence-corrected chi connectivity index (χ4v) is 4.89. The first-order valence-corrected chi connectivity index (χ1v) is 9.30. The molecule has 1 N–H and O–H groups in total. The molecule has 1 saturated carbocycles. The third-order valence-electron chi connectivity index (χ3n) is 6.25. The van der Waals surface area contributed by atoms with Crippen molar-refractivity contribution in [1.29, 1.82) is 0 Å². The molecule has 0 aromatic heterocycles. The minimum Gasteiger partial charge on any atom is -0.493 e. The normalized spacial score (nSPS) is 31.4. The number of methoxy groups -OCH3 is 4. The molecule has 1 fully saturated rings. The van der Waals surface area contributed by atoms with Gasteiger partial charge in [-0.1, -0.05) is 13.0 Å². The maximum absolute atomic E-state index is 13.2. The number of carbonyl (C=O) groups is 1. The number of fused-ring (bicyclic) bond motifs is 2. The molecule has 5 atom stereocenters. The van der Waals surface area contributed by atoms with Gasteiger partial charge in [0, 0.05) is 13.0 Å². The van der Waals surface area contributed by atoms with Crippen molar-refractivity contribution < 1.29 is 28.8 Å². The summed E-state index contributed by atoms with van der Waals surface area (Å²) in [4.78, 5) is 13.2. The SMILES string of the molecule is C=CCC1=C[C@@]2(OC)C(O)[C@@H](C1=O)[C@H](c1cc(OC)c(OC)c(OC)c1)[C@H]2C. The topological polar surface area (TPSA) is 74.2 Å². The number of Topliss-reactive ketones (excluding diaryl/α,β-unsaturated/α-hetero) is 1. The first kappa shape index (κ1) is 20.4. The van der Waals surface area contributed by atoms with Gasteiger partial charge in [0.25, 0.3) is 0 Å². The number of rotatable bonds is 7. The van der Waals surface area contributed by atoms with Crippen molar-refractivity contribution in [1.82, 2.24) is 0 Å². The average molecular weight is 388 g/mol. The predicted octanol–water partition coefficient (Wildman–Crippen LogP) is 2.89. The zero-order valence-electron chi connectivity index (χ0n) is 17.0. The second kappa shape index (κ2) is 7.60. The molecule has 2 aliphatic carbocycles. The van der Waals surface area contributed by atoms with Gasteiger partial charge >= 0.3 is 0 Å². The van der Waals surface area contributed by atoms with Crippen molar-refractivity contribution in [2.75, 3.05) is 28.4 Å². The molecule has 2 aliphatic rings. The number of carbonyl (C=O) groups excluding carboxylic acids is 1. The molecule has 28 heavy (non-hydrogen) atoms. The average Bonchev–Trinajstić information content (AvgIpc) is 2.86. The number of benzene rings is 1. The van der Waals surface area contributed by atoms with E-state index in [9.17, 15) is 9.90 Å². The predicted molar refractivity (Wildman–Crippen MR) is 105 cm³/mol. The van der Waals surface area contributed by atoms with Gasteiger partial charge in [-0.15, -0.1) is 6.58 Å². The van der Waals surface area contributed by atoms with Crippen LogP contribution in [0.4, 0.5) is 0 Å². The highest BCUT2D eigenvalue weighted by Crippen LogP contribution is 2.57. The number of hydrogen-bond donors (Lipinski definition) is 1. The summed E-state index contributed by atoms with van der Waals surface area (Å²) in [6.07, 6.45) is 3.00. The third kappa shape index (κ3) is 2.74. The Hall–Kier alpha value is -2.31. The van der Waals surface area contributed by atoms with Crippen LogP contribution >= 0.6 is 0 Å². The van der Waals surface area contributed by atoms with Crippen LogP contribution in [0.15, 0.2) is 36.4 Å². The Balaban J connectivity index is 2.17. The Morgan fingerprint density at radius 1 is 1.11 bits per heavy atom. The second-order valence-electron chi connectivity index (χ2n) is 7.33. The van der Waals surface area contributed by atoms with Gasteiger partial charge < -0.3 is 24.1 Å². The van der Waals surface area contributed by atoms with E-state index in [2.05, 4.69) is 6.58 Å². The van der Waals surface area contributed by atoms with E-state index in [1.54, 1.807) is 40.6 Å². The van der Waals surface area contributed by atoms with Crippen molar-refractivity contribution in [2.24, 2.45) is 11.8 Å². The van der Waals surface area contributed by atoms with E-state index in [1.165, 1.54) is 0 Å². The molecule has 2 bridgehead atoms. The number of hydrogen-bond acceptors (Lipinski definition) is 6. The Morgan fingerprint density at radius 2 is 1.71 bits per heavy atom. The van der Waals surface area contributed by atoms with Crippen molar-refractivity contribution in [2.45, 2.75) is 31.0 Å². The second-order valence-corrected chi connectivity index (χ2v) is 7.33. The molecule has 152 valence electrons. The molecular weight excluding hydrogens is 360 g/mol. The Bertz CT molecular complexity index is 788. The highest BCUT2D eigenvalue weighted by atomic mass is 16.5.